The Balaban J connectivity index is 1.43. The van der Waals surface area contributed by atoms with Crippen LogP contribution in [0.2, 0.25) is 0 Å². The third-order valence-electron chi connectivity index (χ3n) is 5.39. The molecule has 2 heterocycles. The van der Waals surface area contributed by atoms with Gasteiger partial charge >= 0.3 is 5.97 Å². The number of aromatic nitrogens is 2. The molecule has 7 nitrogen and oxygen atoms in total. The molecule has 0 spiro atoms. The first-order chi connectivity index (χ1) is 16.5. The Morgan fingerprint density at radius 1 is 1.00 bits per heavy atom. The number of carbonyl (C=O) groups excluding carboxylic acids is 2. The fraction of sp³-hybridized carbons (Fsp3) is 0.231. The van der Waals surface area contributed by atoms with Crippen LogP contribution in [0.25, 0.3) is 10.9 Å². The fourth-order valence-electron chi connectivity index (χ4n) is 3.71. The number of hydrogen-bond acceptors (Lipinski definition) is 7. The third kappa shape index (κ3) is 5.30. The van der Waals surface area contributed by atoms with Crippen molar-refractivity contribution in [3.63, 3.8) is 0 Å². The van der Waals surface area contributed by atoms with Crippen LogP contribution in [0.3, 0.4) is 0 Å². The monoisotopic (exact) mass is 475 g/mol. The fourth-order valence-corrected chi connectivity index (χ4v) is 4.48. The summed E-state index contributed by atoms with van der Waals surface area (Å²) in [6.45, 7) is 4.03. The van der Waals surface area contributed by atoms with Crippen molar-refractivity contribution >= 4 is 39.8 Å². The Bertz CT molecular complexity index is 1350. The Hall–Kier alpha value is -3.62. The number of rotatable bonds is 8. The Morgan fingerprint density at radius 3 is 2.56 bits per heavy atom. The molecule has 4 rings (SSSR count). The molecule has 0 radical (unpaired) electrons. The average Bonchev–Trinajstić information content (AvgIpc) is 3.26. The van der Waals surface area contributed by atoms with E-state index in [-0.39, 0.29) is 25.5 Å². The number of ether oxygens (including phenoxy) is 2. The molecule has 0 fully saturated rings. The average molecular weight is 476 g/mol. The van der Waals surface area contributed by atoms with E-state index in [1.807, 2.05) is 62.4 Å². The van der Waals surface area contributed by atoms with E-state index in [0.29, 0.717) is 22.0 Å². The second-order valence-electron chi connectivity index (χ2n) is 7.86. The van der Waals surface area contributed by atoms with Gasteiger partial charge in [0.25, 0.3) is 0 Å². The molecular weight excluding hydrogens is 450 g/mol. The van der Waals surface area contributed by atoms with Gasteiger partial charge in [-0.3, -0.25) is 4.79 Å². The number of amides is 1. The molecule has 174 valence electrons. The summed E-state index contributed by atoms with van der Waals surface area (Å²) >= 11 is 1.36. The van der Waals surface area contributed by atoms with Gasteiger partial charge in [-0.2, -0.15) is 0 Å². The van der Waals surface area contributed by atoms with Crippen LogP contribution in [0.4, 0.5) is 5.69 Å². The Morgan fingerprint density at radius 2 is 1.76 bits per heavy atom. The lowest BCUT2D eigenvalue weighted by molar-refractivity contribution is -0.115. The highest BCUT2D eigenvalue weighted by atomic mass is 32.1. The number of methoxy groups -OCH3 is 1. The predicted molar refractivity (Wildman–Crippen MR) is 132 cm³/mol. The van der Waals surface area contributed by atoms with E-state index in [1.54, 1.807) is 12.5 Å². The van der Waals surface area contributed by atoms with Gasteiger partial charge in [-0.1, -0.05) is 36.4 Å². The smallest absolute Gasteiger partial charge is 0.340 e. The molecule has 0 saturated heterocycles. The minimum atomic E-state index is -0.477. The number of nitrogens with one attached hydrogen (secondary N) is 1. The standard InChI is InChI=1S/C26H25N3O4S/c1-16-8-4-6-10-20(16)29-23(30)12-24-27-18(15-34-24)13-33-26(31)25-17(2)19-9-5-7-11-21(19)28-22(25)14-32-3/h4-11,15H,12-14H2,1-3H3,(H,29,30). The van der Waals surface area contributed by atoms with E-state index < -0.39 is 5.97 Å². The van der Waals surface area contributed by atoms with Crippen molar-refractivity contribution in [2.45, 2.75) is 33.5 Å². The zero-order valence-corrected chi connectivity index (χ0v) is 20.1. The zero-order valence-electron chi connectivity index (χ0n) is 19.3. The van der Waals surface area contributed by atoms with E-state index in [9.17, 15) is 9.59 Å². The summed E-state index contributed by atoms with van der Waals surface area (Å²) in [5, 5.41) is 6.25. The molecule has 0 saturated carbocycles. The Kier molecular flexibility index (Phi) is 7.30. The molecule has 0 aliphatic rings. The summed E-state index contributed by atoms with van der Waals surface area (Å²) < 4.78 is 10.8. The topological polar surface area (TPSA) is 90.4 Å². The van der Waals surface area contributed by atoms with Crippen LogP contribution < -0.4 is 5.32 Å². The Labute approximate surface area is 201 Å². The number of anilines is 1. The van der Waals surface area contributed by atoms with Crippen LogP contribution in [0.5, 0.6) is 0 Å². The predicted octanol–water partition coefficient (Wildman–Crippen LogP) is 4.99. The number of esters is 1. The van der Waals surface area contributed by atoms with Gasteiger partial charge in [-0.15, -0.1) is 11.3 Å². The molecule has 0 aliphatic heterocycles. The third-order valence-corrected chi connectivity index (χ3v) is 6.29. The number of fused-ring (bicyclic) bond motifs is 1. The van der Waals surface area contributed by atoms with Gasteiger partial charge in [0.2, 0.25) is 5.91 Å². The molecule has 0 bridgehead atoms. The molecule has 1 amide bonds. The van der Waals surface area contributed by atoms with Gasteiger partial charge in [0.1, 0.15) is 11.6 Å². The van der Waals surface area contributed by atoms with Gasteiger partial charge in [0.05, 0.1) is 35.5 Å². The zero-order chi connectivity index (χ0) is 24.1. The van der Waals surface area contributed by atoms with Crippen LogP contribution in [-0.2, 0) is 33.9 Å². The summed E-state index contributed by atoms with van der Waals surface area (Å²) in [7, 11) is 1.56. The summed E-state index contributed by atoms with van der Waals surface area (Å²) in [6.07, 6.45) is 0.151. The number of pyridine rings is 1. The second-order valence-corrected chi connectivity index (χ2v) is 8.80. The van der Waals surface area contributed by atoms with E-state index in [4.69, 9.17) is 9.47 Å². The number of nitrogens with zero attached hydrogens (tertiary/aromatic N) is 2. The highest BCUT2D eigenvalue weighted by Crippen LogP contribution is 2.25. The van der Waals surface area contributed by atoms with Crippen molar-refractivity contribution in [1.82, 2.24) is 9.97 Å². The minimum Gasteiger partial charge on any atom is -0.455 e. The van der Waals surface area contributed by atoms with Gasteiger partial charge in [0.15, 0.2) is 0 Å². The second kappa shape index (κ2) is 10.5. The van der Waals surface area contributed by atoms with Crippen LogP contribution in [0.1, 0.15) is 37.9 Å². The van der Waals surface area contributed by atoms with E-state index >= 15 is 0 Å². The summed E-state index contributed by atoms with van der Waals surface area (Å²) in [4.78, 5) is 34.4. The molecule has 34 heavy (non-hydrogen) atoms. The lowest BCUT2D eigenvalue weighted by atomic mass is 10.0. The number of para-hydroxylation sites is 2. The first kappa shape index (κ1) is 23.5. The quantitative estimate of drug-likeness (QED) is 0.361. The molecule has 4 aromatic rings. The van der Waals surface area contributed by atoms with Gasteiger partial charge in [-0.25, -0.2) is 14.8 Å². The molecule has 2 aromatic heterocycles. The lowest BCUT2D eigenvalue weighted by Crippen LogP contribution is -2.15. The molecule has 2 aromatic carbocycles. The van der Waals surface area contributed by atoms with E-state index in [0.717, 1.165) is 27.7 Å². The van der Waals surface area contributed by atoms with Gasteiger partial charge in [0, 0.05) is 23.6 Å². The maximum absolute atomic E-state index is 13.0. The summed E-state index contributed by atoms with van der Waals surface area (Å²) in [6, 6.07) is 15.3. The highest BCUT2D eigenvalue weighted by Gasteiger charge is 2.20. The van der Waals surface area contributed by atoms with Crippen molar-refractivity contribution in [2.24, 2.45) is 0 Å². The van der Waals surface area contributed by atoms with Crippen LogP contribution in [0, 0.1) is 13.8 Å². The summed E-state index contributed by atoms with van der Waals surface area (Å²) in [5.74, 6) is -0.621. The maximum atomic E-state index is 13.0. The van der Waals surface area contributed by atoms with Gasteiger partial charge < -0.3 is 14.8 Å². The van der Waals surface area contributed by atoms with Crippen molar-refractivity contribution in [1.29, 1.82) is 0 Å². The summed E-state index contributed by atoms with van der Waals surface area (Å²) in [5.41, 5.74) is 4.92. The number of aryl methyl sites for hydroxylation is 2. The van der Waals surface area contributed by atoms with Crippen molar-refractivity contribution < 1.29 is 19.1 Å². The minimum absolute atomic E-state index is 0.00738. The van der Waals surface area contributed by atoms with Crippen molar-refractivity contribution in [3.05, 3.63) is 87.0 Å². The largest absolute Gasteiger partial charge is 0.455 e. The van der Waals surface area contributed by atoms with Crippen molar-refractivity contribution in [3.8, 4) is 0 Å². The van der Waals surface area contributed by atoms with Crippen LogP contribution >= 0.6 is 11.3 Å². The van der Waals surface area contributed by atoms with Crippen LogP contribution in [-0.4, -0.2) is 29.0 Å². The molecule has 1 N–H and O–H groups in total. The first-order valence-electron chi connectivity index (χ1n) is 10.8. The van der Waals surface area contributed by atoms with Crippen molar-refractivity contribution in [2.75, 3.05) is 12.4 Å². The number of carbonyl (C=O) groups is 2. The van der Waals surface area contributed by atoms with Gasteiger partial charge in [-0.05, 0) is 37.1 Å². The molecular formula is C26H25N3O4S. The van der Waals surface area contributed by atoms with Crippen LogP contribution in [0.15, 0.2) is 53.9 Å². The highest BCUT2D eigenvalue weighted by molar-refractivity contribution is 7.09. The first-order valence-corrected chi connectivity index (χ1v) is 11.7. The lowest BCUT2D eigenvalue weighted by Gasteiger charge is -2.13. The molecule has 8 heteroatoms. The normalized spacial score (nSPS) is 10.9. The number of hydrogen-bond donors (Lipinski definition) is 1. The maximum Gasteiger partial charge on any atom is 0.340 e. The number of benzene rings is 2. The number of thiazole rings is 1. The SMILES string of the molecule is COCc1nc2ccccc2c(C)c1C(=O)OCc1csc(CC(=O)Nc2ccccc2C)n1. The van der Waals surface area contributed by atoms with E-state index in [1.165, 1.54) is 11.3 Å². The molecule has 0 unspecified atom stereocenters. The molecule has 0 aliphatic carbocycles. The molecule has 0 atom stereocenters. The van der Waals surface area contributed by atoms with E-state index in [2.05, 4.69) is 15.3 Å².